The number of benzene rings is 1. The molecule has 1 aliphatic heterocycles. The van der Waals surface area contributed by atoms with Gasteiger partial charge >= 0.3 is 0 Å². The molecular weight excluding hydrogens is 362 g/mol. The number of sulfonamides is 1. The van der Waals surface area contributed by atoms with E-state index in [2.05, 4.69) is 4.72 Å². The Labute approximate surface area is 161 Å². The molecule has 7 heteroatoms. The number of nitrogens with one attached hydrogen (secondary N) is 1. The normalized spacial score (nSPS) is 14.6. The molecule has 0 bridgehead atoms. The van der Waals surface area contributed by atoms with Crippen LogP contribution in [0, 0.1) is 13.8 Å². The Morgan fingerprint density at radius 2 is 1.81 bits per heavy atom. The monoisotopic (exact) mass is 389 g/mol. The van der Waals surface area contributed by atoms with Crippen LogP contribution in [-0.2, 0) is 23.5 Å². The number of amides is 1. The van der Waals surface area contributed by atoms with Gasteiger partial charge in [-0.25, -0.2) is 8.42 Å². The molecule has 0 atom stereocenters. The summed E-state index contributed by atoms with van der Waals surface area (Å²) in [6.45, 7) is 6.91. The predicted octanol–water partition coefficient (Wildman–Crippen LogP) is 3.24. The van der Waals surface area contributed by atoms with Crippen molar-refractivity contribution in [2.75, 3.05) is 17.8 Å². The van der Waals surface area contributed by atoms with Crippen molar-refractivity contribution in [3.63, 3.8) is 0 Å². The summed E-state index contributed by atoms with van der Waals surface area (Å²) in [7, 11) is -2.10. The lowest BCUT2D eigenvalue weighted by Gasteiger charge is -2.17. The van der Waals surface area contributed by atoms with E-state index in [-0.39, 0.29) is 16.4 Å². The van der Waals surface area contributed by atoms with Gasteiger partial charge in [-0.2, -0.15) is 0 Å². The fraction of sp³-hybridized carbons (Fsp3) is 0.450. The number of carbonyl (C=O) groups excluding carboxylic acids is 1. The number of aryl methyl sites for hydroxylation is 1. The molecule has 2 heterocycles. The molecular formula is C20H27N3O3S. The van der Waals surface area contributed by atoms with Gasteiger partial charge in [0, 0.05) is 37.2 Å². The van der Waals surface area contributed by atoms with Crippen LogP contribution in [0.4, 0.5) is 5.69 Å². The largest absolute Gasteiger partial charge is 0.350 e. The second-order valence-corrected chi connectivity index (χ2v) is 8.71. The summed E-state index contributed by atoms with van der Waals surface area (Å²) in [5.74, 6) is -0.198. The molecule has 3 rings (SSSR count). The topological polar surface area (TPSA) is 71.4 Å². The highest BCUT2D eigenvalue weighted by atomic mass is 32.2. The van der Waals surface area contributed by atoms with Crippen LogP contribution >= 0.6 is 0 Å². The van der Waals surface area contributed by atoms with Crippen LogP contribution in [0.15, 0.2) is 29.2 Å². The third-order valence-corrected chi connectivity index (χ3v) is 6.93. The fourth-order valence-electron chi connectivity index (χ4n) is 3.64. The number of hydrogen-bond donors (Lipinski definition) is 1. The molecule has 1 aromatic carbocycles. The van der Waals surface area contributed by atoms with E-state index >= 15 is 0 Å². The molecule has 27 heavy (non-hydrogen) atoms. The lowest BCUT2D eigenvalue weighted by Crippen LogP contribution is -2.30. The minimum absolute atomic E-state index is 0.0845. The van der Waals surface area contributed by atoms with Crippen LogP contribution < -0.4 is 4.72 Å². The third-order valence-electron chi connectivity index (χ3n) is 5.39. The standard InChI is InChI=1S/C20H27N3O3S/c1-5-16-9-8-10-17(13-16)21-27(25,26)19-15(3)22(4)14(2)18(19)20(24)23-11-6-7-12-23/h8-10,13,21H,5-7,11-12H2,1-4H3. The smallest absolute Gasteiger partial charge is 0.264 e. The first-order valence-electron chi connectivity index (χ1n) is 9.33. The van der Waals surface area contributed by atoms with Gasteiger partial charge in [-0.3, -0.25) is 9.52 Å². The highest BCUT2D eigenvalue weighted by molar-refractivity contribution is 7.92. The zero-order valence-corrected chi connectivity index (χ0v) is 17.2. The molecule has 6 nitrogen and oxygen atoms in total. The quantitative estimate of drug-likeness (QED) is 0.853. The molecule has 1 fully saturated rings. The van der Waals surface area contributed by atoms with E-state index in [4.69, 9.17) is 0 Å². The molecule has 0 aliphatic carbocycles. The zero-order valence-electron chi connectivity index (χ0n) is 16.4. The fourth-order valence-corrected chi connectivity index (χ4v) is 5.21. The first-order chi connectivity index (χ1) is 12.8. The van der Waals surface area contributed by atoms with Gasteiger partial charge in [-0.05, 0) is 50.8 Å². The maximum absolute atomic E-state index is 13.2. The second kappa shape index (κ2) is 7.38. The summed E-state index contributed by atoms with van der Waals surface area (Å²) in [6.07, 6.45) is 2.74. The molecule has 1 amide bonds. The van der Waals surface area contributed by atoms with E-state index in [0.717, 1.165) is 24.8 Å². The van der Waals surface area contributed by atoms with Crippen LogP contribution in [0.2, 0.25) is 0 Å². The first-order valence-corrected chi connectivity index (χ1v) is 10.8. The molecule has 1 aromatic heterocycles. The molecule has 0 saturated carbocycles. The van der Waals surface area contributed by atoms with Gasteiger partial charge in [0.2, 0.25) is 0 Å². The Bertz CT molecular complexity index is 971. The molecule has 1 aliphatic rings. The maximum Gasteiger partial charge on any atom is 0.264 e. The van der Waals surface area contributed by atoms with E-state index in [9.17, 15) is 13.2 Å². The van der Waals surface area contributed by atoms with E-state index < -0.39 is 10.0 Å². The van der Waals surface area contributed by atoms with Crippen molar-refractivity contribution in [2.24, 2.45) is 7.05 Å². The van der Waals surface area contributed by atoms with Crippen molar-refractivity contribution < 1.29 is 13.2 Å². The van der Waals surface area contributed by atoms with E-state index in [1.807, 2.05) is 25.1 Å². The summed E-state index contributed by atoms with van der Waals surface area (Å²) in [4.78, 5) is 14.9. The van der Waals surface area contributed by atoms with Crippen LogP contribution in [0.25, 0.3) is 0 Å². The number of rotatable bonds is 5. The van der Waals surface area contributed by atoms with E-state index in [1.54, 1.807) is 36.4 Å². The minimum atomic E-state index is -3.89. The van der Waals surface area contributed by atoms with Crippen molar-refractivity contribution in [3.05, 3.63) is 46.8 Å². The van der Waals surface area contributed by atoms with Crippen molar-refractivity contribution in [2.45, 2.75) is 44.9 Å². The third kappa shape index (κ3) is 3.60. The summed E-state index contributed by atoms with van der Waals surface area (Å²) in [5, 5.41) is 0. The second-order valence-electron chi connectivity index (χ2n) is 7.09. The van der Waals surface area contributed by atoms with Crippen LogP contribution in [0.1, 0.15) is 47.1 Å². The van der Waals surface area contributed by atoms with Gasteiger partial charge in [0.25, 0.3) is 15.9 Å². The molecule has 2 aromatic rings. The maximum atomic E-state index is 13.2. The number of nitrogens with zero attached hydrogens (tertiary/aromatic N) is 2. The van der Waals surface area contributed by atoms with Crippen LogP contribution in [0.5, 0.6) is 0 Å². The summed E-state index contributed by atoms with van der Waals surface area (Å²) in [6, 6.07) is 7.34. The summed E-state index contributed by atoms with van der Waals surface area (Å²) >= 11 is 0. The Morgan fingerprint density at radius 3 is 2.44 bits per heavy atom. The van der Waals surface area contributed by atoms with Crippen molar-refractivity contribution in [3.8, 4) is 0 Å². The van der Waals surface area contributed by atoms with E-state index in [1.165, 1.54) is 0 Å². The molecule has 0 spiro atoms. The number of likely N-dealkylation sites (tertiary alicyclic amines) is 1. The Hall–Kier alpha value is -2.28. The van der Waals surface area contributed by atoms with Crippen molar-refractivity contribution in [1.29, 1.82) is 0 Å². The Morgan fingerprint density at radius 1 is 1.15 bits per heavy atom. The lowest BCUT2D eigenvalue weighted by atomic mass is 10.1. The predicted molar refractivity (Wildman–Crippen MR) is 107 cm³/mol. The van der Waals surface area contributed by atoms with Gasteiger partial charge < -0.3 is 9.47 Å². The number of carbonyl (C=O) groups is 1. The lowest BCUT2D eigenvalue weighted by molar-refractivity contribution is 0.0788. The molecule has 0 unspecified atom stereocenters. The average Bonchev–Trinajstić information content (AvgIpc) is 3.24. The summed E-state index contributed by atoms with van der Waals surface area (Å²) < 4.78 is 30.9. The van der Waals surface area contributed by atoms with Crippen molar-refractivity contribution >= 4 is 21.6 Å². The minimum Gasteiger partial charge on any atom is -0.350 e. The molecule has 146 valence electrons. The Balaban J connectivity index is 2.06. The van der Waals surface area contributed by atoms with E-state index in [0.29, 0.717) is 30.2 Å². The van der Waals surface area contributed by atoms with Gasteiger partial charge in [0.15, 0.2) is 0 Å². The molecule has 1 N–H and O–H groups in total. The van der Waals surface area contributed by atoms with Gasteiger partial charge in [0.1, 0.15) is 4.90 Å². The number of hydrogen-bond acceptors (Lipinski definition) is 3. The average molecular weight is 390 g/mol. The highest BCUT2D eigenvalue weighted by Gasteiger charge is 2.33. The SMILES string of the molecule is CCc1cccc(NS(=O)(=O)c2c(C(=O)N3CCCC3)c(C)n(C)c2C)c1. The first kappa shape index (κ1) is 19.5. The molecule has 1 saturated heterocycles. The zero-order chi connectivity index (χ0) is 19.8. The number of aromatic nitrogens is 1. The van der Waals surface area contributed by atoms with Gasteiger partial charge in [-0.1, -0.05) is 19.1 Å². The highest BCUT2D eigenvalue weighted by Crippen LogP contribution is 2.30. The van der Waals surface area contributed by atoms with Gasteiger partial charge in [-0.15, -0.1) is 0 Å². The van der Waals surface area contributed by atoms with Crippen LogP contribution in [0.3, 0.4) is 0 Å². The van der Waals surface area contributed by atoms with Crippen molar-refractivity contribution in [1.82, 2.24) is 9.47 Å². The van der Waals surface area contributed by atoms with Crippen LogP contribution in [-0.4, -0.2) is 36.9 Å². The summed E-state index contributed by atoms with van der Waals surface area (Å²) in [5.41, 5.74) is 3.08. The van der Waals surface area contributed by atoms with Gasteiger partial charge in [0.05, 0.1) is 5.56 Å². The Kier molecular flexibility index (Phi) is 5.33. The molecule has 0 radical (unpaired) electrons. The number of anilines is 1.